The molecule has 8 heteroatoms. The molecule has 0 aromatic carbocycles. The summed E-state index contributed by atoms with van der Waals surface area (Å²) in [5.41, 5.74) is 0. The van der Waals surface area contributed by atoms with E-state index in [-0.39, 0.29) is 9.77 Å². The number of sulfonamides is 1. The van der Waals surface area contributed by atoms with Gasteiger partial charge in [-0.1, -0.05) is 0 Å². The van der Waals surface area contributed by atoms with Crippen molar-refractivity contribution in [2.45, 2.75) is 17.9 Å². The quantitative estimate of drug-likeness (QED) is 0.855. The summed E-state index contributed by atoms with van der Waals surface area (Å²) in [7, 11) is -2.62. The summed E-state index contributed by atoms with van der Waals surface area (Å²) >= 11 is 1.02. The first-order chi connectivity index (χ1) is 9.45. The summed E-state index contributed by atoms with van der Waals surface area (Å²) in [4.78, 5) is 11.5. The molecule has 0 bridgehead atoms. The molecule has 0 aliphatic rings. The van der Waals surface area contributed by atoms with E-state index in [0.29, 0.717) is 5.76 Å². The molecule has 2 rings (SSSR count). The standard InChI is InChI=1S/C12H13NO5S2/c1-8(9-4-3-6-18-9)13-20(15,16)10-5-7-19-11(10)12(14)17-2/h3-8,13H,1-2H3. The zero-order valence-electron chi connectivity index (χ0n) is 10.8. The number of esters is 1. The minimum absolute atomic E-state index is 0.0478. The first-order valence-corrected chi connectivity index (χ1v) is 8.03. The van der Waals surface area contributed by atoms with Crippen LogP contribution in [-0.2, 0) is 14.8 Å². The Hall–Kier alpha value is -1.64. The number of nitrogens with one attached hydrogen (secondary N) is 1. The van der Waals surface area contributed by atoms with Crippen LogP contribution in [0.1, 0.15) is 28.4 Å². The van der Waals surface area contributed by atoms with Gasteiger partial charge in [-0.2, -0.15) is 0 Å². The van der Waals surface area contributed by atoms with E-state index in [1.807, 2.05) is 0 Å². The molecular formula is C12H13NO5S2. The third-order valence-corrected chi connectivity index (χ3v) is 5.20. The van der Waals surface area contributed by atoms with Crippen molar-refractivity contribution < 1.29 is 22.4 Å². The average Bonchev–Trinajstić information content (AvgIpc) is 3.08. The van der Waals surface area contributed by atoms with Gasteiger partial charge >= 0.3 is 5.97 Å². The van der Waals surface area contributed by atoms with E-state index in [1.165, 1.54) is 24.8 Å². The second-order valence-electron chi connectivity index (χ2n) is 3.96. The molecule has 2 heterocycles. The fourth-order valence-corrected chi connectivity index (χ4v) is 4.19. The smallest absolute Gasteiger partial charge is 0.349 e. The second kappa shape index (κ2) is 5.78. The topological polar surface area (TPSA) is 85.6 Å². The molecule has 2 aromatic rings. The molecule has 0 radical (unpaired) electrons. The Morgan fingerprint density at radius 1 is 1.45 bits per heavy atom. The first-order valence-electron chi connectivity index (χ1n) is 5.67. The monoisotopic (exact) mass is 315 g/mol. The molecule has 0 saturated heterocycles. The number of rotatable bonds is 5. The summed E-state index contributed by atoms with van der Waals surface area (Å²) in [6.07, 6.45) is 1.46. The van der Waals surface area contributed by atoms with Gasteiger partial charge in [-0.05, 0) is 30.5 Å². The Balaban J connectivity index is 2.27. The number of hydrogen-bond donors (Lipinski definition) is 1. The molecule has 0 spiro atoms. The molecule has 0 saturated carbocycles. The van der Waals surface area contributed by atoms with Crippen molar-refractivity contribution in [3.63, 3.8) is 0 Å². The van der Waals surface area contributed by atoms with Gasteiger partial charge in [0.25, 0.3) is 0 Å². The molecule has 1 atom stereocenters. The molecule has 6 nitrogen and oxygen atoms in total. The fraction of sp³-hybridized carbons (Fsp3) is 0.250. The molecule has 20 heavy (non-hydrogen) atoms. The summed E-state index contributed by atoms with van der Waals surface area (Å²) in [5.74, 6) is -0.186. The lowest BCUT2D eigenvalue weighted by Crippen LogP contribution is -2.27. The normalized spacial score (nSPS) is 13.1. The molecular weight excluding hydrogens is 302 g/mol. The van der Waals surface area contributed by atoms with Gasteiger partial charge in [0.2, 0.25) is 10.0 Å². The van der Waals surface area contributed by atoms with Gasteiger partial charge in [-0.25, -0.2) is 17.9 Å². The minimum atomic E-state index is -3.83. The third kappa shape index (κ3) is 2.92. The van der Waals surface area contributed by atoms with Crippen LogP contribution in [0, 0.1) is 0 Å². The number of carbonyl (C=O) groups excluding carboxylic acids is 1. The number of hydrogen-bond acceptors (Lipinski definition) is 6. The van der Waals surface area contributed by atoms with E-state index in [2.05, 4.69) is 9.46 Å². The van der Waals surface area contributed by atoms with Crippen LogP contribution >= 0.6 is 11.3 Å². The van der Waals surface area contributed by atoms with Crippen LogP contribution in [0.3, 0.4) is 0 Å². The van der Waals surface area contributed by atoms with Crippen LogP contribution in [-0.4, -0.2) is 21.5 Å². The maximum absolute atomic E-state index is 12.3. The van der Waals surface area contributed by atoms with E-state index < -0.39 is 22.0 Å². The second-order valence-corrected chi connectivity index (χ2v) is 6.56. The van der Waals surface area contributed by atoms with Crippen LogP contribution in [0.2, 0.25) is 0 Å². The zero-order valence-corrected chi connectivity index (χ0v) is 12.5. The minimum Gasteiger partial charge on any atom is -0.468 e. The predicted octanol–water partition coefficient (Wildman–Crippen LogP) is 2.17. The number of methoxy groups -OCH3 is 1. The number of thiophene rings is 1. The Kier molecular flexibility index (Phi) is 4.26. The van der Waals surface area contributed by atoms with E-state index in [0.717, 1.165) is 11.3 Å². The van der Waals surface area contributed by atoms with Crippen LogP contribution in [0.15, 0.2) is 39.2 Å². The maximum Gasteiger partial charge on any atom is 0.349 e. The van der Waals surface area contributed by atoms with Gasteiger partial charge in [0.15, 0.2) is 0 Å². The highest BCUT2D eigenvalue weighted by Gasteiger charge is 2.26. The van der Waals surface area contributed by atoms with Crippen molar-refractivity contribution in [1.29, 1.82) is 0 Å². The summed E-state index contributed by atoms with van der Waals surface area (Å²) < 4.78 is 36.7. The lowest BCUT2D eigenvalue weighted by molar-refractivity contribution is 0.0602. The maximum atomic E-state index is 12.3. The van der Waals surface area contributed by atoms with Crippen molar-refractivity contribution >= 4 is 27.3 Å². The van der Waals surface area contributed by atoms with Gasteiger partial charge in [0.05, 0.1) is 19.4 Å². The van der Waals surface area contributed by atoms with Crippen molar-refractivity contribution in [3.8, 4) is 0 Å². The van der Waals surface area contributed by atoms with Crippen LogP contribution in [0.5, 0.6) is 0 Å². The lowest BCUT2D eigenvalue weighted by atomic mass is 10.3. The molecule has 0 fully saturated rings. The first kappa shape index (κ1) is 14.8. The largest absolute Gasteiger partial charge is 0.468 e. The SMILES string of the molecule is COC(=O)c1sccc1S(=O)(=O)NC(C)c1ccco1. The Morgan fingerprint density at radius 2 is 2.20 bits per heavy atom. The average molecular weight is 315 g/mol. The highest BCUT2D eigenvalue weighted by molar-refractivity contribution is 7.89. The molecule has 0 aliphatic heterocycles. The van der Waals surface area contributed by atoms with Gasteiger partial charge in [-0.15, -0.1) is 11.3 Å². The Morgan fingerprint density at radius 3 is 2.80 bits per heavy atom. The third-order valence-electron chi connectivity index (χ3n) is 2.59. The van der Waals surface area contributed by atoms with Crippen LogP contribution in [0.4, 0.5) is 0 Å². The summed E-state index contributed by atoms with van der Waals surface area (Å²) in [6.45, 7) is 1.65. The molecule has 1 N–H and O–H groups in total. The van der Waals surface area contributed by atoms with Crippen LogP contribution < -0.4 is 4.72 Å². The Labute approximate surface area is 120 Å². The van der Waals surface area contributed by atoms with E-state index in [4.69, 9.17) is 4.42 Å². The van der Waals surface area contributed by atoms with Gasteiger partial charge in [0, 0.05) is 0 Å². The summed E-state index contributed by atoms with van der Waals surface area (Å²) in [5, 5.41) is 1.53. The van der Waals surface area contributed by atoms with Crippen molar-refractivity contribution in [2.24, 2.45) is 0 Å². The van der Waals surface area contributed by atoms with Crippen molar-refractivity contribution in [3.05, 3.63) is 40.5 Å². The molecule has 108 valence electrons. The number of furan rings is 1. The highest BCUT2D eigenvalue weighted by Crippen LogP contribution is 2.24. The molecule has 0 amide bonds. The van der Waals surface area contributed by atoms with Gasteiger partial charge in [-0.3, -0.25) is 0 Å². The van der Waals surface area contributed by atoms with Crippen LogP contribution in [0.25, 0.3) is 0 Å². The lowest BCUT2D eigenvalue weighted by Gasteiger charge is -2.12. The van der Waals surface area contributed by atoms with Gasteiger partial charge < -0.3 is 9.15 Å². The van der Waals surface area contributed by atoms with E-state index in [9.17, 15) is 13.2 Å². The van der Waals surface area contributed by atoms with E-state index in [1.54, 1.807) is 19.1 Å². The molecule has 1 unspecified atom stereocenters. The fourth-order valence-electron chi connectivity index (χ4n) is 1.64. The summed E-state index contributed by atoms with van der Waals surface area (Å²) in [6, 6.07) is 4.17. The number of ether oxygens (including phenoxy) is 1. The van der Waals surface area contributed by atoms with Gasteiger partial charge in [0.1, 0.15) is 15.5 Å². The zero-order chi connectivity index (χ0) is 14.8. The molecule has 2 aromatic heterocycles. The Bertz CT molecular complexity index is 687. The van der Waals surface area contributed by atoms with E-state index >= 15 is 0 Å². The predicted molar refractivity (Wildman–Crippen MR) is 73.1 cm³/mol. The highest BCUT2D eigenvalue weighted by atomic mass is 32.2. The van der Waals surface area contributed by atoms with Crippen molar-refractivity contribution in [2.75, 3.05) is 7.11 Å². The number of carbonyl (C=O) groups is 1. The van der Waals surface area contributed by atoms with Crippen molar-refractivity contribution in [1.82, 2.24) is 4.72 Å². The molecule has 0 aliphatic carbocycles.